The zero-order chi connectivity index (χ0) is 17.4. The maximum Gasteiger partial charge on any atom is 0.222 e. The maximum atomic E-state index is 14.5. The predicted octanol–water partition coefficient (Wildman–Crippen LogP) is 4.23. The number of anilines is 1. The van der Waals surface area contributed by atoms with Gasteiger partial charge in [-0.15, -0.1) is 0 Å². The molecule has 0 radical (unpaired) electrons. The van der Waals surface area contributed by atoms with Crippen LogP contribution in [-0.4, -0.2) is 21.9 Å². The van der Waals surface area contributed by atoms with Crippen LogP contribution in [0.15, 0.2) is 48.8 Å². The van der Waals surface area contributed by atoms with E-state index in [2.05, 4.69) is 15.4 Å². The Bertz CT molecular complexity index is 876. The summed E-state index contributed by atoms with van der Waals surface area (Å²) in [5.74, 6) is 1.04. The average Bonchev–Trinajstić information content (AvgIpc) is 3.10. The van der Waals surface area contributed by atoms with Crippen LogP contribution in [0.3, 0.4) is 0 Å². The quantitative estimate of drug-likeness (QED) is 0.761. The van der Waals surface area contributed by atoms with Gasteiger partial charge >= 0.3 is 0 Å². The second-order valence-corrected chi connectivity index (χ2v) is 6.29. The number of benzene rings is 2. The van der Waals surface area contributed by atoms with Crippen molar-refractivity contribution in [1.82, 2.24) is 14.8 Å². The van der Waals surface area contributed by atoms with Gasteiger partial charge in [0.15, 0.2) is 0 Å². The minimum atomic E-state index is -0.339. The smallest absolute Gasteiger partial charge is 0.222 e. The minimum absolute atomic E-state index is 0.0386. The molecule has 2 aromatic carbocycles. The Balaban J connectivity index is 1.75. The van der Waals surface area contributed by atoms with Crippen molar-refractivity contribution in [3.8, 4) is 5.75 Å². The Morgan fingerprint density at radius 1 is 1.24 bits per heavy atom. The van der Waals surface area contributed by atoms with Gasteiger partial charge in [-0.1, -0.05) is 29.8 Å². The molecule has 2 heterocycles. The molecule has 25 heavy (non-hydrogen) atoms. The lowest BCUT2D eigenvalue weighted by atomic mass is 9.93. The Labute approximate surface area is 149 Å². The third-order valence-corrected chi connectivity index (χ3v) is 4.81. The lowest BCUT2D eigenvalue weighted by Gasteiger charge is -2.32. The molecular weight excluding hydrogens is 343 g/mol. The number of methoxy groups -OCH3 is 1. The topological polar surface area (TPSA) is 52.0 Å². The van der Waals surface area contributed by atoms with Gasteiger partial charge in [-0.25, -0.2) is 9.07 Å². The summed E-state index contributed by atoms with van der Waals surface area (Å²) in [7, 11) is 1.63. The van der Waals surface area contributed by atoms with Crippen molar-refractivity contribution in [2.24, 2.45) is 0 Å². The fourth-order valence-corrected chi connectivity index (χ4v) is 3.53. The number of fused-ring (bicyclic) bond motifs is 1. The van der Waals surface area contributed by atoms with Crippen molar-refractivity contribution in [2.75, 3.05) is 12.4 Å². The van der Waals surface area contributed by atoms with Crippen LogP contribution in [0.25, 0.3) is 0 Å². The molecule has 1 aliphatic heterocycles. The number of hydrogen-bond donors (Lipinski definition) is 1. The molecule has 128 valence electrons. The highest BCUT2D eigenvalue weighted by Crippen LogP contribution is 2.40. The van der Waals surface area contributed by atoms with Crippen LogP contribution in [-0.2, 0) is 0 Å². The molecule has 0 unspecified atom stereocenters. The van der Waals surface area contributed by atoms with Crippen molar-refractivity contribution in [2.45, 2.75) is 18.5 Å². The van der Waals surface area contributed by atoms with Crippen LogP contribution >= 0.6 is 11.6 Å². The maximum absolute atomic E-state index is 14.5. The predicted molar refractivity (Wildman–Crippen MR) is 93.5 cm³/mol. The number of nitrogens with zero attached hydrogens (tertiary/aromatic N) is 3. The van der Waals surface area contributed by atoms with Crippen LogP contribution in [0.2, 0.25) is 5.02 Å². The van der Waals surface area contributed by atoms with Crippen LogP contribution in [0.1, 0.15) is 29.6 Å². The zero-order valence-corrected chi connectivity index (χ0v) is 14.2. The monoisotopic (exact) mass is 358 g/mol. The number of rotatable bonds is 3. The molecule has 1 aromatic heterocycles. The van der Waals surface area contributed by atoms with Crippen molar-refractivity contribution in [3.05, 3.63) is 70.8 Å². The highest BCUT2D eigenvalue weighted by atomic mass is 35.5. The molecule has 1 aliphatic rings. The average molecular weight is 359 g/mol. The first-order valence-corrected chi connectivity index (χ1v) is 8.29. The van der Waals surface area contributed by atoms with Gasteiger partial charge in [-0.05, 0) is 36.2 Å². The van der Waals surface area contributed by atoms with Gasteiger partial charge in [-0.2, -0.15) is 10.1 Å². The molecule has 0 amide bonds. The van der Waals surface area contributed by atoms with Crippen LogP contribution in [0.5, 0.6) is 5.75 Å². The summed E-state index contributed by atoms with van der Waals surface area (Å²) in [6.45, 7) is 0. The Morgan fingerprint density at radius 3 is 2.76 bits per heavy atom. The van der Waals surface area contributed by atoms with Crippen molar-refractivity contribution in [3.63, 3.8) is 0 Å². The minimum Gasteiger partial charge on any atom is -0.497 e. The zero-order valence-electron chi connectivity index (χ0n) is 13.5. The molecular formula is C18H16ClFN4O. The Morgan fingerprint density at radius 2 is 2.04 bits per heavy atom. The molecule has 0 bridgehead atoms. The normalized spacial score (nSPS) is 19.2. The van der Waals surface area contributed by atoms with Crippen molar-refractivity contribution >= 4 is 17.5 Å². The summed E-state index contributed by atoms with van der Waals surface area (Å²) in [6.07, 6.45) is 2.06. The lowest BCUT2D eigenvalue weighted by Crippen LogP contribution is -2.28. The first-order chi connectivity index (χ1) is 12.2. The Hall–Kier alpha value is -2.60. The first-order valence-electron chi connectivity index (χ1n) is 7.91. The number of aromatic nitrogens is 3. The van der Waals surface area contributed by atoms with Crippen LogP contribution in [0.4, 0.5) is 10.3 Å². The second-order valence-electron chi connectivity index (χ2n) is 5.89. The fraction of sp³-hybridized carbons (Fsp3) is 0.222. The largest absolute Gasteiger partial charge is 0.497 e. The standard InChI is InChI=1S/C18H16ClFN4O/c1-25-12-7-5-11(6-8-12)15-9-16(24-18(23-15)21-10-22-24)17-13(19)3-2-4-14(17)20/h2-8,10,15-16H,9H2,1H3,(H,21,22,23)/t15-,16-/m1/s1. The van der Waals surface area contributed by atoms with E-state index in [0.717, 1.165) is 11.3 Å². The molecule has 0 saturated heterocycles. The summed E-state index contributed by atoms with van der Waals surface area (Å²) in [5.41, 5.74) is 1.50. The molecule has 2 atom stereocenters. The highest BCUT2D eigenvalue weighted by Gasteiger charge is 2.32. The van der Waals surface area contributed by atoms with Gasteiger partial charge in [0.05, 0.1) is 19.2 Å². The summed E-state index contributed by atoms with van der Waals surface area (Å²) >= 11 is 6.29. The molecule has 5 nitrogen and oxygen atoms in total. The van der Waals surface area contributed by atoms with Gasteiger partial charge in [0.25, 0.3) is 0 Å². The van der Waals surface area contributed by atoms with Crippen LogP contribution in [0, 0.1) is 5.82 Å². The molecule has 0 fully saturated rings. The number of nitrogens with one attached hydrogen (secondary N) is 1. The van der Waals surface area contributed by atoms with E-state index in [9.17, 15) is 4.39 Å². The van der Waals surface area contributed by atoms with Crippen molar-refractivity contribution in [1.29, 1.82) is 0 Å². The van der Waals surface area contributed by atoms with E-state index in [-0.39, 0.29) is 17.9 Å². The molecule has 3 aromatic rings. The molecule has 0 aliphatic carbocycles. The molecule has 0 spiro atoms. The van der Waals surface area contributed by atoms with Crippen molar-refractivity contribution < 1.29 is 9.13 Å². The van der Waals surface area contributed by atoms with Gasteiger partial charge in [-0.3, -0.25) is 0 Å². The van der Waals surface area contributed by atoms with Gasteiger partial charge in [0, 0.05) is 10.6 Å². The molecule has 0 saturated carbocycles. The summed E-state index contributed by atoms with van der Waals surface area (Å²) in [5, 5.41) is 7.99. The summed E-state index contributed by atoms with van der Waals surface area (Å²) in [4.78, 5) is 4.25. The van der Waals surface area contributed by atoms with E-state index >= 15 is 0 Å². The summed E-state index contributed by atoms with van der Waals surface area (Å²) in [6, 6.07) is 12.1. The van der Waals surface area contributed by atoms with E-state index in [1.54, 1.807) is 23.9 Å². The number of halogens is 2. The third-order valence-electron chi connectivity index (χ3n) is 4.48. The summed E-state index contributed by atoms with van der Waals surface area (Å²) < 4.78 is 21.4. The highest BCUT2D eigenvalue weighted by molar-refractivity contribution is 6.31. The van der Waals surface area contributed by atoms with E-state index in [0.29, 0.717) is 23.0 Å². The molecule has 1 N–H and O–H groups in total. The van der Waals surface area contributed by atoms with Gasteiger partial charge < -0.3 is 10.1 Å². The SMILES string of the molecule is COc1ccc([C@H]2C[C@H](c3c(F)cccc3Cl)n3ncnc3N2)cc1. The lowest BCUT2D eigenvalue weighted by molar-refractivity contribution is 0.410. The molecule has 7 heteroatoms. The van der Waals surface area contributed by atoms with E-state index in [4.69, 9.17) is 16.3 Å². The third kappa shape index (κ3) is 2.82. The fourth-order valence-electron chi connectivity index (χ4n) is 3.24. The Kier molecular flexibility index (Phi) is 4.05. The second kappa shape index (κ2) is 6.37. The van der Waals surface area contributed by atoms with E-state index in [1.165, 1.54) is 12.4 Å². The van der Waals surface area contributed by atoms with E-state index in [1.807, 2.05) is 24.3 Å². The molecule has 4 rings (SSSR count). The van der Waals surface area contributed by atoms with Gasteiger partial charge in [0.1, 0.15) is 17.9 Å². The first kappa shape index (κ1) is 15.9. The number of hydrogen-bond acceptors (Lipinski definition) is 4. The van der Waals surface area contributed by atoms with Gasteiger partial charge in [0.2, 0.25) is 5.95 Å². The van der Waals surface area contributed by atoms with E-state index < -0.39 is 0 Å². The number of ether oxygens (including phenoxy) is 1. The van der Waals surface area contributed by atoms with Crippen LogP contribution < -0.4 is 10.1 Å².